The second-order valence-corrected chi connectivity index (χ2v) is 9.15. The first-order valence-corrected chi connectivity index (χ1v) is 11.4. The van der Waals surface area contributed by atoms with Gasteiger partial charge >= 0.3 is 6.03 Å². The fraction of sp³-hybridized carbons (Fsp3) is 0.192. The third-order valence-corrected chi connectivity index (χ3v) is 5.39. The molecule has 0 fully saturated rings. The van der Waals surface area contributed by atoms with Crippen molar-refractivity contribution in [1.82, 2.24) is 19.7 Å². The van der Waals surface area contributed by atoms with Gasteiger partial charge in [-0.1, -0.05) is 20.8 Å². The number of amides is 2. The number of carbonyl (C=O) groups excluding carboxylic acids is 1. The van der Waals surface area contributed by atoms with Crippen molar-refractivity contribution in [2.45, 2.75) is 26.2 Å². The molecule has 4 N–H and O–H groups in total. The van der Waals surface area contributed by atoms with Crippen molar-refractivity contribution in [2.75, 3.05) is 23.5 Å². The van der Waals surface area contributed by atoms with Gasteiger partial charge in [-0.15, -0.1) is 0 Å². The summed E-state index contributed by atoms with van der Waals surface area (Å²) < 4.78 is 27.0. The van der Waals surface area contributed by atoms with E-state index in [1.807, 2.05) is 39.0 Å². The zero-order chi connectivity index (χ0) is 27.4. The minimum atomic E-state index is -0.790. The molecule has 194 valence electrons. The Morgan fingerprint density at radius 1 is 1.11 bits per heavy atom. The van der Waals surface area contributed by atoms with Gasteiger partial charge in [0.1, 0.15) is 29.8 Å². The maximum absolute atomic E-state index is 14.8. The monoisotopic (exact) mass is 516 g/mol. The number of anilines is 3. The molecule has 2 aromatic carbocycles. The molecule has 0 unspecified atom stereocenters. The van der Waals surface area contributed by atoms with E-state index in [2.05, 4.69) is 25.7 Å². The molecule has 0 aliphatic carbocycles. The summed E-state index contributed by atoms with van der Waals surface area (Å²) in [6.07, 6.45) is 1.10. The number of halogens is 1. The van der Waals surface area contributed by atoms with Crippen LogP contribution in [0.5, 0.6) is 17.4 Å². The number of carbonyl (C=O) groups is 1. The first kappa shape index (κ1) is 25.9. The summed E-state index contributed by atoms with van der Waals surface area (Å²) in [5, 5.41) is 19.3. The van der Waals surface area contributed by atoms with Crippen LogP contribution in [0.3, 0.4) is 0 Å². The van der Waals surface area contributed by atoms with Crippen molar-refractivity contribution in [3.63, 3.8) is 0 Å². The van der Waals surface area contributed by atoms with Crippen LogP contribution in [0.4, 0.5) is 26.5 Å². The fourth-order valence-electron chi connectivity index (χ4n) is 3.37. The van der Waals surface area contributed by atoms with Crippen molar-refractivity contribution in [1.29, 1.82) is 5.26 Å². The number of hydrogen-bond acceptors (Lipinski definition) is 8. The topological polar surface area (TPSA) is 153 Å². The van der Waals surface area contributed by atoms with Gasteiger partial charge in [-0.05, 0) is 36.4 Å². The van der Waals surface area contributed by atoms with Crippen LogP contribution < -0.4 is 25.8 Å². The summed E-state index contributed by atoms with van der Waals surface area (Å²) in [5.74, 6) is -0.163. The van der Waals surface area contributed by atoms with Crippen molar-refractivity contribution < 1.29 is 18.7 Å². The Bertz CT molecular complexity index is 1520. The number of nitrogens with one attached hydrogen (secondary N) is 2. The lowest BCUT2D eigenvalue weighted by Gasteiger charge is -2.14. The minimum Gasteiger partial charge on any atom is -0.497 e. The first-order valence-electron chi connectivity index (χ1n) is 11.4. The third kappa shape index (κ3) is 5.62. The average molecular weight is 517 g/mol. The number of hydrogen-bond donors (Lipinski definition) is 3. The molecule has 4 rings (SSSR count). The molecular formula is C26H25FN8O3. The highest BCUT2D eigenvalue weighted by Crippen LogP contribution is 2.30. The van der Waals surface area contributed by atoms with Gasteiger partial charge in [0.25, 0.3) is 0 Å². The van der Waals surface area contributed by atoms with Gasteiger partial charge in [0.15, 0.2) is 17.1 Å². The van der Waals surface area contributed by atoms with Gasteiger partial charge in [-0.3, -0.25) is 5.32 Å². The molecule has 4 aromatic rings. The molecule has 38 heavy (non-hydrogen) atoms. The molecule has 0 radical (unpaired) electrons. The maximum Gasteiger partial charge on any atom is 0.324 e. The smallest absolute Gasteiger partial charge is 0.324 e. The van der Waals surface area contributed by atoms with Crippen molar-refractivity contribution in [2.24, 2.45) is 0 Å². The lowest BCUT2D eigenvalue weighted by atomic mass is 9.92. The van der Waals surface area contributed by atoms with E-state index in [1.165, 1.54) is 12.1 Å². The molecule has 0 spiro atoms. The summed E-state index contributed by atoms with van der Waals surface area (Å²) in [6, 6.07) is 14.0. The molecule has 0 saturated carbocycles. The highest BCUT2D eigenvalue weighted by atomic mass is 19.1. The highest BCUT2D eigenvalue weighted by molar-refractivity contribution is 5.99. The Balaban J connectivity index is 1.53. The first-order chi connectivity index (χ1) is 18.1. The van der Waals surface area contributed by atoms with Crippen LogP contribution in [0.2, 0.25) is 0 Å². The Labute approximate surface area is 218 Å². The molecule has 2 heterocycles. The molecule has 2 amide bonds. The number of methoxy groups -OCH3 is 1. The normalized spacial score (nSPS) is 10.9. The van der Waals surface area contributed by atoms with Gasteiger partial charge in [0.05, 0.1) is 18.5 Å². The molecular weight excluding hydrogens is 491 g/mol. The van der Waals surface area contributed by atoms with E-state index in [1.54, 1.807) is 30.0 Å². The number of nitrogen functional groups attached to an aromatic ring is 1. The Kier molecular flexibility index (Phi) is 7.11. The van der Waals surface area contributed by atoms with E-state index in [0.717, 1.165) is 18.1 Å². The van der Waals surface area contributed by atoms with Crippen LogP contribution in [0, 0.1) is 17.1 Å². The second kappa shape index (κ2) is 10.4. The molecule has 0 saturated heterocycles. The van der Waals surface area contributed by atoms with Crippen molar-refractivity contribution in [3.8, 4) is 29.1 Å². The van der Waals surface area contributed by atoms with Gasteiger partial charge < -0.3 is 20.5 Å². The van der Waals surface area contributed by atoms with Crippen LogP contribution in [0.15, 0.2) is 54.9 Å². The lowest BCUT2D eigenvalue weighted by molar-refractivity contribution is 0.262. The zero-order valence-electron chi connectivity index (χ0n) is 21.1. The van der Waals surface area contributed by atoms with Crippen LogP contribution in [-0.2, 0) is 5.41 Å². The van der Waals surface area contributed by atoms with Crippen molar-refractivity contribution >= 4 is 23.4 Å². The predicted octanol–water partition coefficient (Wildman–Crippen LogP) is 5.00. The number of nitrogens with zero attached hydrogens (tertiary/aromatic N) is 5. The van der Waals surface area contributed by atoms with E-state index in [4.69, 9.17) is 15.2 Å². The van der Waals surface area contributed by atoms with Crippen LogP contribution in [0.25, 0.3) is 5.69 Å². The maximum atomic E-state index is 14.8. The summed E-state index contributed by atoms with van der Waals surface area (Å²) in [6.45, 7) is 6.04. The molecule has 0 aliphatic heterocycles. The predicted molar refractivity (Wildman–Crippen MR) is 139 cm³/mol. The summed E-state index contributed by atoms with van der Waals surface area (Å²) in [5.41, 5.74) is 6.89. The largest absolute Gasteiger partial charge is 0.497 e. The molecule has 0 aliphatic rings. The average Bonchev–Trinajstić information content (AvgIpc) is 3.30. The van der Waals surface area contributed by atoms with E-state index in [9.17, 15) is 14.4 Å². The second-order valence-electron chi connectivity index (χ2n) is 9.15. The molecule has 0 atom stereocenters. The Hall–Kier alpha value is -5.18. The van der Waals surface area contributed by atoms with Crippen LogP contribution >= 0.6 is 0 Å². The number of benzene rings is 2. The van der Waals surface area contributed by atoms with Gasteiger partial charge in [-0.25, -0.2) is 23.8 Å². The number of ether oxygens (including phenoxy) is 2. The van der Waals surface area contributed by atoms with E-state index in [-0.39, 0.29) is 34.1 Å². The van der Waals surface area contributed by atoms with E-state index < -0.39 is 11.8 Å². The Morgan fingerprint density at radius 2 is 1.84 bits per heavy atom. The number of rotatable bonds is 6. The van der Waals surface area contributed by atoms with Crippen LogP contribution in [0.1, 0.15) is 32.0 Å². The quantitative estimate of drug-likeness (QED) is 0.324. The summed E-state index contributed by atoms with van der Waals surface area (Å²) in [7, 11) is 1.58. The van der Waals surface area contributed by atoms with E-state index in [0.29, 0.717) is 17.3 Å². The van der Waals surface area contributed by atoms with Gasteiger partial charge in [0, 0.05) is 23.2 Å². The SMILES string of the molecule is COc1ccc(-n2nc(C(C)(C)C)cc2NC(=O)Nc2ccc(Oc3ncnc(N)c3C#N)c(F)c2)cc1. The van der Waals surface area contributed by atoms with Crippen molar-refractivity contribution in [3.05, 3.63) is 71.9 Å². The number of urea groups is 1. The fourth-order valence-corrected chi connectivity index (χ4v) is 3.37. The number of nitriles is 1. The van der Waals surface area contributed by atoms with Gasteiger partial charge in [0.2, 0.25) is 5.88 Å². The number of nitrogens with two attached hydrogens (primary N) is 1. The number of aromatic nitrogens is 4. The lowest BCUT2D eigenvalue weighted by Crippen LogP contribution is -2.21. The van der Waals surface area contributed by atoms with Crippen LogP contribution in [-0.4, -0.2) is 32.9 Å². The molecule has 2 aromatic heterocycles. The summed E-state index contributed by atoms with van der Waals surface area (Å²) in [4.78, 5) is 20.4. The zero-order valence-corrected chi connectivity index (χ0v) is 21.1. The standard InChI is InChI=1S/C26H25FN8O3/c1-26(2,3)21-12-22(35(34-21)16-6-8-17(37-4)9-7-16)33-25(36)32-15-5-10-20(19(27)11-15)38-24-18(13-28)23(29)30-14-31-24/h5-12,14H,1-4H3,(H2,29,30,31)(H2,32,33,36). The molecule has 11 nitrogen and oxygen atoms in total. The van der Waals surface area contributed by atoms with E-state index >= 15 is 0 Å². The minimum absolute atomic E-state index is 0.0867. The molecule has 12 heteroatoms. The Morgan fingerprint density at radius 3 is 2.47 bits per heavy atom. The third-order valence-electron chi connectivity index (χ3n) is 5.39. The van der Waals surface area contributed by atoms with Gasteiger partial charge in [-0.2, -0.15) is 10.4 Å². The highest BCUT2D eigenvalue weighted by Gasteiger charge is 2.22. The summed E-state index contributed by atoms with van der Waals surface area (Å²) >= 11 is 0. The molecule has 0 bridgehead atoms.